The van der Waals surface area contributed by atoms with Gasteiger partial charge in [-0.15, -0.1) is 0 Å². The second kappa shape index (κ2) is 4.80. The summed E-state index contributed by atoms with van der Waals surface area (Å²) in [7, 11) is 0. The van der Waals surface area contributed by atoms with Crippen molar-refractivity contribution in [3.05, 3.63) is 33.8 Å². The van der Waals surface area contributed by atoms with Crippen LogP contribution in [0.15, 0.2) is 16.6 Å². The van der Waals surface area contributed by atoms with Crippen molar-refractivity contribution in [1.29, 1.82) is 0 Å². The van der Waals surface area contributed by atoms with Crippen LogP contribution in [-0.2, 0) is 0 Å². The molecule has 0 spiro atoms. The van der Waals surface area contributed by atoms with Crippen LogP contribution in [0.2, 0.25) is 0 Å². The lowest BCUT2D eigenvalue weighted by molar-refractivity contribution is 0.373. The smallest absolute Gasteiger partial charge is 0.143 e. The van der Waals surface area contributed by atoms with Gasteiger partial charge in [0.2, 0.25) is 0 Å². The van der Waals surface area contributed by atoms with Crippen molar-refractivity contribution in [3.8, 4) is 0 Å². The standard InChI is InChI=1S/C12H14BrF2N/c13-9-4-5-10(14)11(12(9)15)7-2-1-3-8(16)6-7/h4-5,7-8H,1-3,6,16H2. The molecule has 1 fully saturated rings. The third-order valence-corrected chi connectivity index (χ3v) is 3.81. The Morgan fingerprint density at radius 3 is 2.69 bits per heavy atom. The molecule has 88 valence electrons. The number of benzene rings is 1. The van der Waals surface area contributed by atoms with Crippen LogP contribution in [0.4, 0.5) is 8.78 Å². The van der Waals surface area contributed by atoms with E-state index in [1.54, 1.807) is 0 Å². The lowest BCUT2D eigenvalue weighted by Crippen LogP contribution is -2.27. The monoisotopic (exact) mass is 289 g/mol. The van der Waals surface area contributed by atoms with Crippen molar-refractivity contribution < 1.29 is 8.78 Å². The summed E-state index contributed by atoms with van der Waals surface area (Å²) in [5.41, 5.74) is 6.04. The number of rotatable bonds is 1. The first-order chi connectivity index (χ1) is 7.59. The van der Waals surface area contributed by atoms with Gasteiger partial charge in [0.05, 0.1) is 4.47 Å². The summed E-state index contributed by atoms with van der Waals surface area (Å²) in [5.74, 6) is -1.01. The number of hydrogen-bond donors (Lipinski definition) is 1. The molecule has 0 bridgehead atoms. The molecule has 0 aliphatic heterocycles. The van der Waals surface area contributed by atoms with E-state index in [4.69, 9.17) is 5.73 Å². The third-order valence-electron chi connectivity index (χ3n) is 3.20. The lowest BCUT2D eigenvalue weighted by atomic mass is 9.81. The van der Waals surface area contributed by atoms with Crippen LogP contribution in [-0.4, -0.2) is 6.04 Å². The Hall–Kier alpha value is -0.480. The molecule has 16 heavy (non-hydrogen) atoms. The van der Waals surface area contributed by atoms with Crippen molar-refractivity contribution >= 4 is 15.9 Å². The van der Waals surface area contributed by atoms with Crippen molar-refractivity contribution in [2.24, 2.45) is 5.73 Å². The molecule has 2 unspecified atom stereocenters. The summed E-state index contributed by atoms with van der Waals surface area (Å²) >= 11 is 3.09. The summed E-state index contributed by atoms with van der Waals surface area (Å²) in [4.78, 5) is 0. The average molecular weight is 290 g/mol. The number of halogens is 3. The zero-order valence-electron chi connectivity index (χ0n) is 8.85. The van der Waals surface area contributed by atoms with Crippen LogP contribution >= 0.6 is 15.9 Å². The van der Waals surface area contributed by atoms with Crippen LogP contribution in [0.5, 0.6) is 0 Å². The van der Waals surface area contributed by atoms with Gasteiger partial charge in [0.25, 0.3) is 0 Å². The normalized spacial score (nSPS) is 25.8. The first kappa shape index (κ1) is 12.0. The summed E-state index contributed by atoms with van der Waals surface area (Å²) in [6, 6.07) is 2.77. The molecule has 0 heterocycles. The van der Waals surface area contributed by atoms with Gasteiger partial charge in [-0.1, -0.05) is 6.42 Å². The molecule has 2 N–H and O–H groups in total. The van der Waals surface area contributed by atoms with Crippen molar-refractivity contribution in [2.45, 2.75) is 37.6 Å². The van der Waals surface area contributed by atoms with E-state index in [0.29, 0.717) is 10.9 Å². The Labute approximate surface area is 102 Å². The molecule has 1 nitrogen and oxygen atoms in total. The van der Waals surface area contributed by atoms with Crippen LogP contribution in [0.25, 0.3) is 0 Å². The summed E-state index contributed by atoms with van der Waals surface area (Å²) < 4.78 is 27.8. The second-order valence-corrected chi connectivity index (χ2v) is 5.23. The molecule has 1 aliphatic carbocycles. The van der Waals surface area contributed by atoms with E-state index in [1.807, 2.05) is 0 Å². The molecule has 1 aromatic carbocycles. The minimum absolute atomic E-state index is 0.0662. The highest BCUT2D eigenvalue weighted by Gasteiger charge is 2.26. The quantitative estimate of drug-likeness (QED) is 0.784. The number of hydrogen-bond acceptors (Lipinski definition) is 1. The van der Waals surface area contributed by atoms with E-state index in [-0.39, 0.29) is 17.5 Å². The maximum Gasteiger partial charge on any atom is 0.143 e. The molecular weight excluding hydrogens is 276 g/mol. The largest absolute Gasteiger partial charge is 0.328 e. The average Bonchev–Trinajstić information content (AvgIpc) is 2.24. The molecule has 1 saturated carbocycles. The van der Waals surface area contributed by atoms with E-state index in [1.165, 1.54) is 12.1 Å². The molecule has 2 rings (SSSR count). The first-order valence-electron chi connectivity index (χ1n) is 5.48. The maximum absolute atomic E-state index is 13.8. The molecule has 1 aromatic rings. The molecule has 0 saturated heterocycles. The molecule has 4 heteroatoms. The number of nitrogens with two attached hydrogens (primary N) is 1. The highest BCUT2D eigenvalue weighted by Crippen LogP contribution is 2.36. The van der Waals surface area contributed by atoms with Crippen LogP contribution in [0.1, 0.15) is 37.2 Å². The summed E-state index contributed by atoms with van der Waals surface area (Å²) in [6.45, 7) is 0. The Morgan fingerprint density at radius 1 is 1.25 bits per heavy atom. The van der Waals surface area contributed by atoms with Gasteiger partial charge in [0.1, 0.15) is 11.6 Å². The van der Waals surface area contributed by atoms with E-state index >= 15 is 0 Å². The second-order valence-electron chi connectivity index (χ2n) is 4.38. The van der Waals surface area contributed by atoms with Gasteiger partial charge in [-0.05, 0) is 53.2 Å². The molecular formula is C12H14BrF2N. The SMILES string of the molecule is NC1CCCC(c2c(F)ccc(Br)c2F)C1. The minimum atomic E-state index is -0.473. The fourth-order valence-electron chi connectivity index (χ4n) is 2.41. The van der Waals surface area contributed by atoms with Gasteiger partial charge in [0, 0.05) is 11.6 Å². The van der Waals surface area contributed by atoms with E-state index < -0.39 is 11.6 Å². The predicted molar refractivity (Wildman–Crippen MR) is 63.2 cm³/mol. The van der Waals surface area contributed by atoms with Gasteiger partial charge < -0.3 is 5.73 Å². The lowest BCUT2D eigenvalue weighted by Gasteiger charge is -2.27. The zero-order chi connectivity index (χ0) is 11.7. The fraction of sp³-hybridized carbons (Fsp3) is 0.500. The fourth-order valence-corrected chi connectivity index (χ4v) is 2.75. The molecule has 1 aliphatic rings. The Bertz CT molecular complexity index is 395. The molecule has 0 radical (unpaired) electrons. The summed E-state index contributed by atoms with van der Waals surface area (Å²) in [6.07, 6.45) is 3.38. The molecule has 2 atom stereocenters. The topological polar surface area (TPSA) is 26.0 Å². The highest BCUT2D eigenvalue weighted by molar-refractivity contribution is 9.10. The van der Waals surface area contributed by atoms with E-state index in [2.05, 4.69) is 15.9 Å². The van der Waals surface area contributed by atoms with Gasteiger partial charge in [-0.3, -0.25) is 0 Å². The first-order valence-corrected chi connectivity index (χ1v) is 6.28. The Kier molecular flexibility index (Phi) is 3.60. The highest BCUT2D eigenvalue weighted by atomic mass is 79.9. The van der Waals surface area contributed by atoms with Gasteiger partial charge >= 0.3 is 0 Å². The minimum Gasteiger partial charge on any atom is -0.328 e. The third kappa shape index (κ3) is 2.28. The predicted octanol–water partition coefficient (Wildman–Crippen LogP) is 3.71. The Morgan fingerprint density at radius 2 is 2.00 bits per heavy atom. The maximum atomic E-state index is 13.8. The van der Waals surface area contributed by atoms with Crippen molar-refractivity contribution in [1.82, 2.24) is 0 Å². The van der Waals surface area contributed by atoms with Crippen LogP contribution in [0.3, 0.4) is 0 Å². The van der Waals surface area contributed by atoms with Crippen molar-refractivity contribution in [3.63, 3.8) is 0 Å². The zero-order valence-corrected chi connectivity index (χ0v) is 10.4. The van der Waals surface area contributed by atoms with Gasteiger partial charge in [-0.2, -0.15) is 0 Å². The Balaban J connectivity index is 2.35. The van der Waals surface area contributed by atoms with E-state index in [0.717, 1.165) is 19.3 Å². The van der Waals surface area contributed by atoms with Crippen LogP contribution < -0.4 is 5.73 Å². The molecule has 0 amide bonds. The van der Waals surface area contributed by atoms with E-state index in [9.17, 15) is 8.78 Å². The molecule has 0 aromatic heterocycles. The summed E-state index contributed by atoms with van der Waals surface area (Å²) in [5, 5.41) is 0. The van der Waals surface area contributed by atoms with Gasteiger partial charge in [-0.25, -0.2) is 8.78 Å². The van der Waals surface area contributed by atoms with Gasteiger partial charge in [0.15, 0.2) is 0 Å². The van der Waals surface area contributed by atoms with Crippen molar-refractivity contribution in [2.75, 3.05) is 0 Å². The van der Waals surface area contributed by atoms with Crippen LogP contribution in [0, 0.1) is 11.6 Å².